The molecule has 0 spiro atoms. The van der Waals surface area contributed by atoms with Crippen molar-refractivity contribution in [1.29, 1.82) is 0 Å². The molecule has 0 saturated carbocycles. The summed E-state index contributed by atoms with van der Waals surface area (Å²) in [6, 6.07) is -0.182. The first-order valence-electron chi connectivity index (χ1n) is 6.77. The zero-order chi connectivity index (χ0) is 14.1. The van der Waals surface area contributed by atoms with E-state index in [0.29, 0.717) is 13.1 Å². The Morgan fingerprint density at radius 2 is 1.67 bits per heavy atom. The molecule has 0 saturated heterocycles. The number of amides is 2. The van der Waals surface area contributed by atoms with Gasteiger partial charge in [-0.15, -0.1) is 0 Å². The molecule has 0 aliphatic rings. The van der Waals surface area contributed by atoms with Gasteiger partial charge in [0, 0.05) is 19.1 Å². The normalized spacial score (nSPS) is 13.8. The second-order valence-corrected chi connectivity index (χ2v) is 4.49. The van der Waals surface area contributed by atoms with Gasteiger partial charge in [0.25, 0.3) is 0 Å². The number of nitrogens with zero attached hydrogens (tertiary/aromatic N) is 1. The average Bonchev–Trinajstić information content (AvgIpc) is 2.36. The van der Waals surface area contributed by atoms with Crippen molar-refractivity contribution in [3.05, 3.63) is 0 Å². The second-order valence-electron chi connectivity index (χ2n) is 4.49. The smallest absolute Gasteiger partial charge is 0.237 e. The first kappa shape index (κ1) is 16.9. The molecule has 18 heavy (non-hydrogen) atoms. The number of carbonyl (C=O) groups excluding carboxylic acids is 2. The molecule has 5 nitrogen and oxygen atoms in total. The first-order chi connectivity index (χ1) is 8.46. The Balaban J connectivity index is 4.05. The lowest BCUT2D eigenvalue weighted by molar-refractivity contribution is -0.130. The van der Waals surface area contributed by atoms with Crippen LogP contribution >= 0.6 is 0 Å². The Morgan fingerprint density at radius 3 is 2.11 bits per heavy atom. The standard InChI is InChI=1S/C13H27N3O2/c1-6-10(4)15-13(18)11(5)14-9-12(17)16(7-2)8-3/h10-11,14H,6-9H2,1-5H3,(H,15,18). The third-order valence-corrected chi connectivity index (χ3v) is 3.07. The Hall–Kier alpha value is -1.10. The fourth-order valence-electron chi connectivity index (χ4n) is 1.49. The number of carbonyl (C=O) groups is 2. The summed E-state index contributed by atoms with van der Waals surface area (Å²) in [5.74, 6) is -0.0279. The van der Waals surface area contributed by atoms with Gasteiger partial charge in [-0.25, -0.2) is 0 Å². The van der Waals surface area contributed by atoms with Crippen molar-refractivity contribution in [2.75, 3.05) is 19.6 Å². The van der Waals surface area contributed by atoms with Crippen LogP contribution in [0.15, 0.2) is 0 Å². The molecule has 5 heteroatoms. The summed E-state index contributed by atoms with van der Waals surface area (Å²) in [6.45, 7) is 11.2. The van der Waals surface area contributed by atoms with Crippen molar-refractivity contribution in [2.45, 2.75) is 53.1 Å². The van der Waals surface area contributed by atoms with Crippen molar-refractivity contribution in [3.63, 3.8) is 0 Å². The molecule has 2 unspecified atom stereocenters. The lowest BCUT2D eigenvalue weighted by Gasteiger charge is -2.21. The molecule has 0 radical (unpaired) electrons. The highest BCUT2D eigenvalue weighted by Gasteiger charge is 2.16. The molecular formula is C13H27N3O2. The van der Waals surface area contributed by atoms with Crippen LogP contribution in [0.3, 0.4) is 0 Å². The Labute approximate surface area is 110 Å². The Kier molecular flexibility index (Phi) is 8.37. The molecule has 0 aliphatic carbocycles. The van der Waals surface area contributed by atoms with Gasteiger partial charge >= 0.3 is 0 Å². The summed E-state index contributed by atoms with van der Waals surface area (Å²) in [4.78, 5) is 25.2. The molecule has 106 valence electrons. The SMILES string of the molecule is CCC(C)NC(=O)C(C)NCC(=O)N(CC)CC. The maximum atomic E-state index is 11.7. The van der Waals surface area contributed by atoms with Crippen LogP contribution in [0.5, 0.6) is 0 Å². The second kappa shape index (κ2) is 8.91. The monoisotopic (exact) mass is 257 g/mol. The van der Waals surface area contributed by atoms with Crippen LogP contribution in [-0.2, 0) is 9.59 Å². The summed E-state index contributed by atoms with van der Waals surface area (Å²) in [7, 11) is 0. The Morgan fingerprint density at radius 1 is 1.11 bits per heavy atom. The molecule has 0 fully saturated rings. The van der Waals surface area contributed by atoms with Crippen LogP contribution in [0.4, 0.5) is 0 Å². The van der Waals surface area contributed by atoms with Gasteiger partial charge in [-0.2, -0.15) is 0 Å². The van der Waals surface area contributed by atoms with Gasteiger partial charge in [0.05, 0.1) is 12.6 Å². The summed E-state index contributed by atoms with van der Waals surface area (Å²) >= 11 is 0. The molecular weight excluding hydrogens is 230 g/mol. The van der Waals surface area contributed by atoms with Crippen molar-refractivity contribution < 1.29 is 9.59 Å². The minimum absolute atomic E-state index is 0.0307. The molecule has 0 rings (SSSR count). The highest BCUT2D eigenvalue weighted by molar-refractivity contribution is 5.83. The summed E-state index contributed by atoms with van der Waals surface area (Å²) in [5, 5.41) is 5.84. The van der Waals surface area contributed by atoms with E-state index < -0.39 is 0 Å². The van der Waals surface area contributed by atoms with Crippen molar-refractivity contribution >= 4 is 11.8 Å². The molecule has 0 aromatic rings. The van der Waals surface area contributed by atoms with Crippen molar-refractivity contribution in [1.82, 2.24) is 15.5 Å². The predicted molar refractivity (Wildman–Crippen MR) is 73.3 cm³/mol. The summed E-state index contributed by atoms with van der Waals surface area (Å²) in [6.07, 6.45) is 0.900. The minimum atomic E-state index is -0.349. The van der Waals surface area contributed by atoms with E-state index in [1.54, 1.807) is 11.8 Å². The van der Waals surface area contributed by atoms with E-state index >= 15 is 0 Å². The molecule has 2 amide bonds. The van der Waals surface area contributed by atoms with Gasteiger partial charge in [-0.1, -0.05) is 6.92 Å². The topological polar surface area (TPSA) is 61.4 Å². The minimum Gasteiger partial charge on any atom is -0.352 e. The highest BCUT2D eigenvalue weighted by Crippen LogP contribution is 1.92. The van der Waals surface area contributed by atoms with E-state index in [0.717, 1.165) is 6.42 Å². The number of hydrogen-bond acceptors (Lipinski definition) is 3. The molecule has 0 aromatic heterocycles. The van der Waals surface area contributed by atoms with E-state index in [-0.39, 0.29) is 30.4 Å². The number of likely N-dealkylation sites (N-methyl/N-ethyl adjacent to an activating group) is 1. The van der Waals surface area contributed by atoms with Crippen LogP contribution in [-0.4, -0.2) is 48.4 Å². The van der Waals surface area contributed by atoms with Gasteiger partial charge in [0.2, 0.25) is 11.8 Å². The van der Waals surface area contributed by atoms with Crippen molar-refractivity contribution in [2.24, 2.45) is 0 Å². The quantitative estimate of drug-likeness (QED) is 0.674. The molecule has 0 aliphatic heterocycles. The summed E-state index contributed by atoms with van der Waals surface area (Å²) in [5.41, 5.74) is 0. The maximum absolute atomic E-state index is 11.7. The number of nitrogens with one attached hydrogen (secondary N) is 2. The fraction of sp³-hybridized carbons (Fsp3) is 0.846. The van der Waals surface area contributed by atoms with E-state index in [1.165, 1.54) is 0 Å². The lowest BCUT2D eigenvalue weighted by Crippen LogP contribution is -2.48. The van der Waals surface area contributed by atoms with Gasteiger partial charge in [-0.05, 0) is 34.1 Å². The van der Waals surface area contributed by atoms with Gasteiger partial charge in [0.15, 0.2) is 0 Å². The van der Waals surface area contributed by atoms with Crippen LogP contribution in [0.2, 0.25) is 0 Å². The fourth-order valence-corrected chi connectivity index (χ4v) is 1.49. The third kappa shape index (κ3) is 6.00. The molecule has 0 bridgehead atoms. The zero-order valence-corrected chi connectivity index (χ0v) is 12.2. The molecule has 0 heterocycles. The van der Waals surface area contributed by atoms with E-state index in [4.69, 9.17) is 0 Å². The lowest BCUT2D eigenvalue weighted by atomic mass is 10.2. The van der Waals surface area contributed by atoms with Gasteiger partial charge in [0.1, 0.15) is 0 Å². The number of hydrogen-bond donors (Lipinski definition) is 2. The predicted octanol–water partition coefficient (Wildman–Crippen LogP) is 0.748. The van der Waals surface area contributed by atoms with Crippen molar-refractivity contribution in [3.8, 4) is 0 Å². The van der Waals surface area contributed by atoms with Crippen LogP contribution in [0.25, 0.3) is 0 Å². The van der Waals surface area contributed by atoms with Crippen LogP contribution < -0.4 is 10.6 Å². The van der Waals surface area contributed by atoms with E-state index in [1.807, 2.05) is 27.7 Å². The highest BCUT2D eigenvalue weighted by atomic mass is 16.2. The third-order valence-electron chi connectivity index (χ3n) is 3.07. The van der Waals surface area contributed by atoms with E-state index in [9.17, 15) is 9.59 Å². The van der Waals surface area contributed by atoms with Crippen LogP contribution in [0, 0.1) is 0 Å². The molecule has 2 atom stereocenters. The summed E-state index contributed by atoms with van der Waals surface area (Å²) < 4.78 is 0. The zero-order valence-electron chi connectivity index (χ0n) is 12.2. The first-order valence-corrected chi connectivity index (χ1v) is 6.77. The molecule has 2 N–H and O–H groups in total. The van der Waals surface area contributed by atoms with Crippen LogP contribution in [0.1, 0.15) is 41.0 Å². The largest absolute Gasteiger partial charge is 0.352 e. The van der Waals surface area contributed by atoms with Gasteiger partial charge < -0.3 is 10.2 Å². The Bertz CT molecular complexity index is 265. The average molecular weight is 257 g/mol. The van der Waals surface area contributed by atoms with E-state index in [2.05, 4.69) is 10.6 Å². The number of rotatable bonds is 8. The maximum Gasteiger partial charge on any atom is 0.237 e. The molecule has 0 aromatic carbocycles. The van der Waals surface area contributed by atoms with Gasteiger partial charge in [-0.3, -0.25) is 14.9 Å².